The third-order valence-electron chi connectivity index (χ3n) is 9.89. The Labute approximate surface area is 285 Å². The lowest BCUT2D eigenvalue weighted by molar-refractivity contribution is 0.668. The first-order valence-corrected chi connectivity index (χ1v) is 16.7. The lowest BCUT2D eigenvalue weighted by Gasteiger charge is -2.12. The number of para-hydroxylation sites is 2. The summed E-state index contributed by atoms with van der Waals surface area (Å²) in [5.41, 5.74) is 6.18. The predicted molar refractivity (Wildman–Crippen MR) is 203 cm³/mol. The molecule has 11 aromatic rings. The smallest absolute Gasteiger partial charge is 0.164 e. The van der Waals surface area contributed by atoms with Crippen LogP contribution in [0.1, 0.15) is 0 Å². The molecule has 0 aliphatic heterocycles. The van der Waals surface area contributed by atoms with Crippen molar-refractivity contribution in [3.05, 3.63) is 152 Å². The second kappa shape index (κ2) is 10.3. The normalized spacial score (nSPS) is 12.0. The monoisotopic (exact) mass is 639 g/mol. The molecule has 11 rings (SSSR count). The van der Waals surface area contributed by atoms with Crippen LogP contribution in [0.15, 0.2) is 160 Å². The molecule has 8 aromatic carbocycles. The van der Waals surface area contributed by atoms with Gasteiger partial charge in [0.2, 0.25) is 0 Å². The first-order valence-electron chi connectivity index (χ1n) is 16.7. The van der Waals surface area contributed by atoms with Crippen molar-refractivity contribution >= 4 is 76.2 Å². The van der Waals surface area contributed by atoms with Crippen LogP contribution in [0.25, 0.3) is 110 Å². The SMILES string of the molecule is c1ccc(-c2nc(-c3ccc4c(ccc5ccc6ccc7oc8ccccc8c7c6c54)c3)nc(-c3cccc4oc5ccccc5c34)n2)cc1. The molecule has 3 heterocycles. The van der Waals surface area contributed by atoms with E-state index in [0.717, 1.165) is 66.0 Å². The lowest BCUT2D eigenvalue weighted by atomic mass is 9.93. The number of furan rings is 2. The van der Waals surface area contributed by atoms with Gasteiger partial charge in [0.15, 0.2) is 17.5 Å². The Morgan fingerprint density at radius 2 is 0.900 bits per heavy atom. The summed E-state index contributed by atoms with van der Waals surface area (Å²) in [6, 6.07) is 52.2. The molecule has 0 amide bonds. The number of aromatic nitrogens is 3. The maximum atomic E-state index is 6.31. The summed E-state index contributed by atoms with van der Waals surface area (Å²) in [5, 5.41) is 11.4. The van der Waals surface area contributed by atoms with Crippen LogP contribution >= 0.6 is 0 Å². The summed E-state index contributed by atoms with van der Waals surface area (Å²) >= 11 is 0. The van der Waals surface area contributed by atoms with Gasteiger partial charge in [0.05, 0.1) is 0 Å². The van der Waals surface area contributed by atoms with Crippen LogP contribution in [-0.2, 0) is 0 Å². The minimum Gasteiger partial charge on any atom is -0.456 e. The fourth-order valence-corrected chi connectivity index (χ4v) is 7.63. The van der Waals surface area contributed by atoms with Gasteiger partial charge < -0.3 is 8.83 Å². The van der Waals surface area contributed by atoms with Crippen molar-refractivity contribution in [3.8, 4) is 34.2 Å². The second-order valence-electron chi connectivity index (χ2n) is 12.7. The van der Waals surface area contributed by atoms with Crippen molar-refractivity contribution in [2.24, 2.45) is 0 Å². The molecule has 0 aliphatic carbocycles. The molecule has 0 spiro atoms. The molecule has 5 heteroatoms. The van der Waals surface area contributed by atoms with Crippen LogP contribution < -0.4 is 0 Å². The van der Waals surface area contributed by atoms with Gasteiger partial charge in [-0.05, 0) is 57.3 Å². The number of nitrogens with zero attached hydrogens (tertiary/aromatic N) is 3. The van der Waals surface area contributed by atoms with Crippen molar-refractivity contribution in [1.29, 1.82) is 0 Å². The van der Waals surface area contributed by atoms with E-state index >= 15 is 0 Å². The van der Waals surface area contributed by atoms with E-state index in [9.17, 15) is 0 Å². The highest BCUT2D eigenvalue weighted by atomic mass is 16.3. The molecule has 50 heavy (non-hydrogen) atoms. The van der Waals surface area contributed by atoms with Crippen molar-refractivity contribution in [2.45, 2.75) is 0 Å². The molecule has 5 nitrogen and oxygen atoms in total. The number of benzene rings is 8. The van der Waals surface area contributed by atoms with Crippen molar-refractivity contribution < 1.29 is 8.83 Å². The number of hydrogen-bond acceptors (Lipinski definition) is 5. The summed E-state index contributed by atoms with van der Waals surface area (Å²) < 4.78 is 12.5. The van der Waals surface area contributed by atoms with E-state index in [4.69, 9.17) is 23.8 Å². The molecule has 0 saturated carbocycles. The molecule has 0 atom stereocenters. The van der Waals surface area contributed by atoms with Crippen molar-refractivity contribution in [1.82, 2.24) is 15.0 Å². The zero-order chi connectivity index (χ0) is 32.8. The summed E-state index contributed by atoms with van der Waals surface area (Å²) in [5.74, 6) is 1.83. The molecule has 232 valence electrons. The average Bonchev–Trinajstić information content (AvgIpc) is 3.76. The summed E-state index contributed by atoms with van der Waals surface area (Å²) in [6.07, 6.45) is 0. The van der Waals surface area contributed by atoms with Gasteiger partial charge in [0.25, 0.3) is 0 Å². The highest BCUT2D eigenvalue weighted by Crippen LogP contribution is 2.42. The van der Waals surface area contributed by atoms with Gasteiger partial charge in [0.1, 0.15) is 22.3 Å². The maximum absolute atomic E-state index is 6.31. The van der Waals surface area contributed by atoms with Gasteiger partial charge in [0, 0.05) is 43.6 Å². The average molecular weight is 640 g/mol. The molecular weight excluding hydrogens is 615 g/mol. The largest absolute Gasteiger partial charge is 0.456 e. The molecule has 3 aromatic heterocycles. The molecule has 0 aliphatic rings. The van der Waals surface area contributed by atoms with Crippen LogP contribution in [0.4, 0.5) is 0 Å². The highest BCUT2D eigenvalue weighted by Gasteiger charge is 2.19. The predicted octanol–water partition coefficient (Wildman–Crippen LogP) is 12.1. The van der Waals surface area contributed by atoms with Gasteiger partial charge in [-0.3, -0.25) is 0 Å². The van der Waals surface area contributed by atoms with Crippen LogP contribution in [0.3, 0.4) is 0 Å². The van der Waals surface area contributed by atoms with E-state index in [1.807, 2.05) is 72.8 Å². The lowest BCUT2D eigenvalue weighted by Crippen LogP contribution is -2.00. The minimum absolute atomic E-state index is 0.602. The first-order chi connectivity index (χ1) is 24.8. The van der Waals surface area contributed by atoms with Gasteiger partial charge >= 0.3 is 0 Å². The summed E-state index contributed by atoms with van der Waals surface area (Å²) in [7, 11) is 0. The Morgan fingerprint density at radius 3 is 1.68 bits per heavy atom. The summed E-state index contributed by atoms with van der Waals surface area (Å²) in [4.78, 5) is 15.3. The molecule has 0 fully saturated rings. The van der Waals surface area contributed by atoms with E-state index in [2.05, 4.69) is 78.9 Å². The molecule has 0 bridgehead atoms. The van der Waals surface area contributed by atoms with Gasteiger partial charge in [-0.15, -0.1) is 0 Å². The molecule has 0 N–H and O–H groups in total. The fraction of sp³-hybridized carbons (Fsp3) is 0. The Bertz CT molecular complexity index is 3160. The highest BCUT2D eigenvalue weighted by molar-refractivity contribution is 6.31. The van der Waals surface area contributed by atoms with Crippen molar-refractivity contribution in [3.63, 3.8) is 0 Å². The van der Waals surface area contributed by atoms with Gasteiger partial charge in [-0.25, -0.2) is 15.0 Å². The van der Waals surface area contributed by atoms with E-state index in [-0.39, 0.29) is 0 Å². The quantitative estimate of drug-likeness (QED) is 0.180. The molecular formula is C45H25N3O2. The molecule has 0 radical (unpaired) electrons. The van der Waals surface area contributed by atoms with Gasteiger partial charge in [-0.2, -0.15) is 0 Å². The Balaban J connectivity index is 1.17. The first kappa shape index (κ1) is 27.1. The fourth-order valence-electron chi connectivity index (χ4n) is 7.63. The number of hydrogen-bond donors (Lipinski definition) is 0. The number of fused-ring (bicyclic) bond motifs is 12. The third kappa shape index (κ3) is 3.98. The van der Waals surface area contributed by atoms with Crippen LogP contribution in [0.2, 0.25) is 0 Å². The van der Waals surface area contributed by atoms with Crippen LogP contribution in [-0.4, -0.2) is 15.0 Å². The van der Waals surface area contributed by atoms with Crippen LogP contribution in [0, 0.1) is 0 Å². The Kier molecular flexibility index (Phi) is 5.60. The standard InChI is InChI=1S/C45H25N3O2/c1-2-9-28(10-3-1)43-46-44(48-45(47-43)34-13-8-16-37-41(34)32-11-4-6-14-35(32)49-37)30-21-23-31-29(25-30)20-19-26-17-18-27-22-24-38-42(40(27)39(26)31)33-12-5-7-15-36(33)50-38/h1-25H. The zero-order valence-electron chi connectivity index (χ0n) is 26.6. The van der Waals surface area contributed by atoms with E-state index in [1.54, 1.807) is 0 Å². The minimum atomic E-state index is 0.602. The molecule has 0 unspecified atom stereocenters. The maximum Gasteiger partial charge on any atom is 0.164 e. The van der Waals surface area contributed by atoms with Crippen LogP contribution in [0.5, 0.6) is 0 Å². The number of rotatable bonds is 3. The van der Waals surface area contributed by atoms with Crippen molar-refractivity contribution in [2.75, 3.05) is 0 Å². The third-order valence-corrected chi connectivity index (χ3v) is 9.89. The van der Waals surface area contributed by atoms with Gasteiger partial charge in [-0.1, -0.05) is 121 Å². The van der Waals surface area contributed by atoms with E-state index < -0.39 is 0 Å². The topological polar surface area (TPSA) is 65.0 Å². The summed E-state index contributed by atoms with van der Waals surface area (Å²) in [6.45, 7) is 0. The van der Waals surface area contributed by atoms with E-state index in [1.165, 1.54) is 26.9 Å². The van der Waals surface area contributed by atoms with E-state index in [0.29, 0.717) is 17.5 Å². The second-order valence-corrected chi connectivity index (χ2v) is 12.7. The molecule has 0 saturated heterocycles. The Hall–Kier alpha value is -6.85. The zero-order valence-corrected chi connectivity index (χ0v) is 26.6. The Morgan fingerprint density at radius 1 is 0.320 bits per heavy atom.